The van der Waals surface area contributed by atoms with E-state index in [9.17, 15) is 5.11 Å². The molecule has 0 aromatic carbocycles. The minimum Gasteiger partial charge on any atom is -0.393 e. The molecule has 3 heterocycles. The van der Waals surface area contributed by atoms with Gasteiger partial charge in [-0.25, -0.2) is 15.0 Å². The lowest BCUT2D eigenvalue weighted by Crippen LogP contribution is -2.37. The lowest BCUT2D eigenvalue weighted by molar-refractivity contribution is 0.126. The van der Waals surface area contributed by atoms with E-state index in [0.717, 1.165) is 64.9 Å². The SMILES string of the molecule is C[C@H](NCc1cc(Nc2nc3cccnc3s2)nc(N[C@H]2CC[C@H](O)CC2)c1)C(C)(C)C. The minimum atomic E-state index is -0.166. The predicted octanol–water partition coefficient (Wildman–Crippen LogP) is 5.07. The molecule has 7 nitrogen and oxygen atoms in total. The van der Waals surface area contributed by atoms with Crippen LogP contribution in [0, 0.1) is 5.41 Å². The van der Waals surface area contributed by atoms with Crippen LogP contribution in [-0.4, -0.2) is 38.2 Å². The van der Waals surface area contributed by atoms with Gasteiger partial charge in [-0.05, 0) is 67.9 Å². The molecule has 0 amide bonds. The highest BCUT2D eigenvalue weighted by atomic mass is 32.1. The van der Waals surface area contributed by atoms with Crippen molar-refractivity contribution < 1.29 is 5.11 Å². The van der Waals surface area contributed by atoms with E-state index >= 15 is 0 Å². The second-order valence-corrected chi connectivity index (χ2v) is 10.8. The summed E-state index contributed by atoms with van der Waals surface area (Å²) in [5.74, 6) is 1.63. The highest BCUT2D eigenvalue weighted by molar-refractivity contribution is 7.21. The first-order valence-electron chi connectivity index (χ1n) is 11.4. The highest BCUT2D eigenvalue weighted by Gasteiger charge is 2.21. The molecular weight excluding hydrogens is 420 g/mol. The molecule has 0 spiro atoms. The van der Waals surface area contributed by atoms with Crippen molar-refractivity contribution >= 4 is 38.5 Å². The number of fused-ring (bicyclic) bond motifs is 1. The summed E-state index contributed by atoms with van der Waals surface area (Å²) in [7, 11) is 0. The largest absolute Gasteiger partial charge is 0.393 e. The molecule has 3 aromatic rings. The average Bonchev–Trinajstić information content (AvgIpc) is 3.15. The summed E-state index contributed by atoms with van der Waals surface area (Å²) < 4.78 is 0. The summed E-state index contributed by atoms with van der Waals surface area (Å²) in [6.45, 7) is 9.72. The van der Waals surface area contributed by atoms with Crippen LogP contribution in [-0.2, 0) is 6.54 Å². The maximum Gasteiger partial charge on any atom is 0.190 e. The molecule has 1 fully saturated rings. The Balaban J connectivity index is 1.54. The molecule has 8 heteroatoms. The van der Waals surface area contributed by atoms with Crippen LogP contribution in [0.1, 0.15) is 58.9 Å². The van der Waals surface area contributed by atoms with E-state index in [1.165, 1.54) is 11.3 Å². The van der Waals surface area contributed by atoms with Gasteiger partial charge >= 0.3 is 0 Å². The Morgan fingerprint density at radius 2 is 1.88 bits per heavy atom. The van der Waals surface area contributed by atoms with Crippen LogP contribution in [0.2, 0.25) is 0 Å². The first-order valence-corrected chi connectivity index (χ1v) is 12.3. The number of rotatable bonds is 7. The van der Waals surface area contributed by atoms with Crippen molar-refractivity contribution in [1.82, 2.24) is 20.3 Å². The third-order valence-corrected chi connectivity index (χ3v) is 7.14. The zero-order valence-corrected chi connectivity index (χ0v) is 20.2. The summed E-state index contributed by atoms with van der Waals surface area (Å²) in [5, 5.41) is 21.2. The Kier molecular flexibility index (Phi) is 6.93. The van der Waals surface area contributed by atoms with Crippen molar-refractivity contribution in [3.05, 3.63) is 36.0 Å². The first kappa shape index (κ1) is 22.9. The van der Waals surface area contributed by atoms with E-state index in [-0.39, 0.29) is 11.5 Å². The number of aliphatic hydroxyl groups excluding tert-OH is 1. The molecule has 1 atom stereocenters. The third kappa shape index (κ3) is 5.94. The van der Waals surface area contributed by atoms with E-state index in [1.807, 2.05) is 12.1 Å². The first-order chi connectivity index (χ1) is 15.3. The molecule has 32 heavy (non-hydrogen) atoms. The Labute approximate surface area is 194 Å². The predicted molar refractivity (Wildman–Crippen MR) is 133 cm³/mol. The van der Waals surface area contributed by atoms with Crippen LogP contribution in [0.15, 0.2) is 30.5 Å². The second-order valence-electron chi connectivity index (χ2n) is 9.84. The Bertz CT molecular complexity index is 1010. The molecule has 1 saturated carbocycles. The molecule has 0 radical (unpaired) electrons. The van der Waals surface area contributed by atoms with Crippen molar-refractivity contribution in [2.45, 2.75) is 78.1 Å². The summed E-state index contributed by atoms with van der Waals surface area (Å²) in [6.07, 6.45) is 5.21. The smallest absolute Gasteiger partial charge is 0.190 e. The lowest BCUT2D eigenvalue weighted by Gasteiger charge is -2.29. The molecular formula is C24H34N6OS. The zero-order valence-electron chi connectivity index (χ0n) is 19.4. The summed E-state index contributed by atoms with van der Waals surface area (Å²) in [6, 6.07) is 8.78. The van der Waals surface area contributed by atoms with Crippen molar-refractivity contribution in [2.24, 2.45) is 5.41 Å². The second kappa shape index (κ2) is 9.68. The monoisotopic (exact) mass is 454 g/mol. The molecule has 4 rings (SSSR count). The molecule has 4 N–H and O–H groups in total. The van der Waals surface area contributed by atoms with Gasteiger partial charge in [0, 0.05) is 24.8 Å². The fourth-order valence-corrected chi connectivity index (χ4v) is 4.58. The van der Waals surface area contributed by atoms with E-state index in [4.69, 9.17) is 4.98 Å². The normalized spacial score (nSPS) is 20.3. The van der Waals surface area contributed by atoms with Crippen LogP contribution < -0.4 is 16.0 Å². The van der Waals surface area contributed by atoms with Crippen LogP contribution in [0.4, 0.5) is 16.8 Å². The minimum absolute atomic E-state index is 0.166. The van der Waals surface area contributed by atoms with Crippen molar-refractivity contribution in [3.8, 4) is 0 Å². The average molecular weight is 455 g/mol. The van der Waals surface area contributed by atoms with Gasteiger partial charge in [-0.2, -0.15) is 0 Å². The molecule has 0 bridgehead atoms. The van der Waals surface area contributed by atoms with Crippen LogP contribution in [0.5, 0.6) is 0 Å². The molecule has 0 saturated heterocycles. The van der Waals surface area contributed by atoms with Gasteiger partial charge < -0.3 is 21.1 Å². The number of aromatic nitrogens is 3. The maximum absolute atomic E-state index is 9.82. The number of thiazole rings is 1. The molecule has 1 aliphatic carbocycles. The van der Waals surface area contributed by atoms with Crippen LogP contribution in [0.25, 0.3) is 10.3 Å². The van der Waals surface area contributed by atoms with Crippen molar-refractivity contribution in [1.29, 1.82) is 0 Å². The van der Waals surface area contributed by atoms with Gasteiger partial charge in [-0.3, -0.25) is 0 Å². The molecule has 0 unspecified atom stereocenters. The van der Waals surface area contributed by atoms with Gasteiger partial charge in [0.25, 0.3) is 0 Å². The van der Waals surface area contributed by atoms with Gasteiger partial charge in [-0.15, -0.1) is 0 Å². The van der Waals surface area contributed by atoms with E-state index < -0.39 is 0 Å². The third-order valence-electron chi connectivity index (χ3n) is 6.25. The molecule has 3 aromatic heterocycles. The number of hydrogen-bond donors (Lipinski definition) is 4. The van der Waals surface area contributed by atoms with Gasteiger partial charge in [0.1, 0.15) is 22.0 Å². The lowest BCUT2D eigenvalue weighted by atomic mass is 9.88. The summed E-state index contributed by atoms with van der Waals surface area (Å²) >= 11 is 1.52. The van der Waals surface area contributed by atoms with Crippen LogP contribution >= 0.6 is 11.3 Å². The molecule has 0 aliphatic heterocycles. The zero-order chi connectivity index (χ0) is 22.7. The number of anilines is 3. The molecule has 1 aliphatic rings. The Morgan fingerprint density at radius 1 is 1.12 bits per heavy atom. The fourth-order valence-electron chi connectivity index (χ4n) is 3.77. The van der Waals surface area contributed by atoms with Gasteiger partial charge in [-0.1, -0.05) is 32.1 Å². The van der Waals surface area contributed by atoms with Crippen molar-refractivity contribution in [3.63, 3.8) is 0 Å². The number of nitrogens with zero attached hydrogens (tertiary/aromatic N) is 3. The van der Waals surface area contributed by atoms with E-state index in [1.54, 1.807) is 6.20 Å². The Hall–Kier alpha value is -2.29. The van der Waals surface area contributed by atoms with Gasteiger partial charge in [0.2, 0.25) is 0 Å². The number of pyridine rings is 2. The Morgan fingerprint density at radius 3 is 2.59 bits per heavy atom. The topological polar surface area (TPSA) is 95.0 Å². The highest BCUT2D eigenvalue weighted by Crippen LogP contribution is 2.28. The summed E-state index contributed by atoms with van der Waals surface area (Å²) in [5.41, 5.74) is 2.23. The number of aliphatic hydroxyl groups is 1. The quantitative estimate of drug-likeness (QED) is 0.396. The van der Waals surface area contributed by atoms with Gasteiger partial charge in [0.05, 0.1) is 6.10 Å². The van der Waals surface area contributed by atoms with Gasteiger partial charge in [0.15, 0.2) is 5.13 Å². The fraction of sp³-hybridized carbons (Fsp3) is 0.542. The maximum atomic E-state index is 9.82. The standard InChI is InChI=1S/C24H34N6OS/c1-15(24(2,3)4)26-14-16-12-20(27-17-7-9-18(31)10-8-17)29-21(13-16)30-23-28-19-6-5-11-25-22(19)32-23/h5-6,11-13,15,17-18,26,31H,7-10,14H2,1-4H3,(H2,27,28,29,30)/t15-,17-,18-/m0/s1. The van der Waals surface area contributed by atoms with Crippen molar-refractivity contribution in [2.75, 3.05) is 10.6 Å². The summed E-state index contributed by atoms with van der Waals surface area (Å²) in [4.78, 5) is 14.8. The van der Waals surface area contributed by atoms with Crippen LogP contribution in [0.3, 0.4) is 0 Å². The van der Waals surface area contributed by atoms with E-state index in [2.05, 4.69) is 65.7 Å². The number of hydrogen-bond acceptors (Lipinski definition) is 8. The molecule has 172 valence electrons. The van der Waals surface area contributed by atoms with E-state index in [0.29, 0.717) is 12.1 Å². The number of nitrogens with one attached hydrogen (secondary N) is 3.